The van der Waals surface area contributed by atoms with Crippen molar-refractivity contribution < 1.29 is 18.0 Å². The van der Waals surface area contributed by atoms with Gasteiger partial charge in [0.15, 0.2) is 0 Å². The molecule has 156 valence electrons. The summed E-state index contributed by atoms with van der Waals surface area (Å²) in [6, 6.07) is 14.6. The lowest BCUT2D eigenvalue weighted by Gasteiger charge is -2.24. The van der Waals surface area contributed by atoms with Crippen LogP contribution in [0.1, 0.15) is 22.4 Å². The molecule has 2 heterocycles. The molecule has 1 amide bonds. The number of carbonyl (C=O) groups is 1. The van der Waals surface area contributed by atoms with Crippen LogP contribution in [-0.2, 0) is 30.6 Å². The highest BCUT2D eigenvalue weighted by Crippen LogP contribution is 2.26. The zero-order valence-corrected chi connectivity index (χ0v) is 16.3. The minimum Gasteiger partial charge on any atom is -0.331 e. The van der Waals surface area contributed by atoms with Crippen LogP contribution in [0.25, 0.3) is 0 Å². The summed E-state index contributed by atoms with van der Waals surface area (Å²) in [6.07, 6.45) is -2.00. The minimum absolute atomic E-state index is 0.168. The molecule has 3 aromatic rings. The van der Waals surface area contributed by atoms with E-state index in [1.54, 1.807) is 24.4 Å². The summed E-state index contributed by atoms with van der Waals surface area (Å²) in [5.74, 6) is -0.481. The molecule has 30 heavy (non-hydrogen) atoms. The van der Waals surface area contributed by atoms with Crippen LogP contribution < -0.4 is 5.56 Å². The zero-order valence-electron chi connectivity index (χ0n) is 16.3. The summed E-state index contributed by atoms with van der Waals surface area (Å²) in [5.41, 5.74) is -0.0263. The first-order chi connectivity index (χ1) is 14.3. The summed E-state index contributed by atoms with van der Waals surface area (Å²) >= 11 is 0. The van der Waals surface area contributed by atoms with Gasteiger partial charge in [0.2, 0.25) is 5.91 Å². The fourth-order valence-corrected chi connectivity index (χ4v) is 3.04. The summed E-state index contributed by atoms with van der Waals surface area (Å²) in [5, 5.41) is 0. The topological polar surface area (TPSA) is 55.2 Å². The first-order valence-electron chi connectivity index (χ1n) is 9.24. The molecule has 3 rings (SSSR count). The van der Waals surface area contributed by atoms with Gasteiger partial charge in [-0.15, -0.1) is 0 Å². The molecule has 1 aromatic carbocycles. The van der Waals surface area contributed by atoms with Crippen molar-refractivity contribution in [1.29, 1.82) is 0 Å². The molecule has 0 aliphatic carbocycles. The van der Waals surface area contributed by atoms with E-state index >= 15 is 0 Å². The van der Waals surface area contributed by atoms with Gasteiger partial charge in [0.1, 0.15) is 12.1 Å². The van der Waals surface area contributed by atoms with E-state index in [2.05, 4.69) is 4.98 Å². The molecular weight excluding hydrogens is 395 g/mol. The van der Waals surface area contributed by atoms with Crippen molar-refractivity contribution >= 4 is 5.91 Å². The zero-order chi connectivity index (χ0) is 21.7. The standard InChI is InChI=1S/C22H20F3N3O2/c1-16-7-2-3-8-17(16)13-28(14-18-9-4-5-11-26-18)20(29)15-27-12-6-10-19(21(27)30)22(23,24)25/h2-12H,13-15H2,1H3. The molecule has 0 saturated carbocycles. The van der Waals surface area contributed by atoms with E-state index in [-0.39, 0.29) is 13.1 Å². The molecule has 0 spiro atoms. The van der Waals surface area contributed by atoms with E-state index in [9.17, 15) is 22.8 Å². The quantitative estimate of drug-likeness (QED) is 0.616. The number of rotatable bonds is 6. The predicted molar refractivity (Wildman–Crippen MR) is 105 cm³/mol. The Labute approximate surface area is 171 Å². The molecule has 0 aliphatic rings. The molecular formula is C22H20F3N3O2. The van der Waals surface area contributed by atoms with Crippen LogP contribution in [0.3, 0.4) is 0 Å². The molecule has 0 fully saturated rings. The summed E-state index contributed by atoms with van der Waals surface area (Å²) in [4.78, 5) is 30.9. The number of carbonyl (C=O) groups excluding carboxylic acids is 1. The molecule has 0 atom stereocenters. The van der Waals surface area contributed by atoms with Crippen LogP contribution in [0.2, 0.25) is 0 Å². The fourth-order valence-electron chi connectivity index (χ4n) is 3.04. The first kappa shape index (κ1) is 21.3. The van der Waals surface area contributed by atoms with E-state index in [0.717, 1.165) is 21.8 Å². The van der Waals surface area contributed by atoms with Crippen LogP contribution in [0.5, 0.6) is 0 Å². The largest absolute Gasteiger partial charge is 0.421 e. The lowest BCUT2D eigenvalue weighted by molar-refractivity contribution is -0.139. The van der Waals surface area contributed by atoms with E-state index in [0.29, 0.717) is 11.8 Å². The number of pyridine rings is 2. The van der Waals surface area contributed by atoms with Gasteiger partial charge >= 0.3 is 6.18 Å². The van der Waals surface area contributed by atoms with Crippen LogP contribution in [-0.4, -0.2) is 20.4 Å². The second kappa shape index (κ2) is 8.94. The maximum atomic E-state index is 13.0. The van der Waals surface area contributed by atoms with Crippen LogP contribution in [0, 0.1) is 6.92 Å². The Morgan fingerprint density at radius 1 is 1.03 bits per heavy atom. The Balaban J connectivity index is 1.89. The molecule has 0 aliphatic heterocycles. The monoisotopic (exact) mass is 415 g/mol. The van der Waals surface area contributed by atoms with E-state index < -0.39 is 29.8 Å². The maximum Gasteiger partial charge on any atom is 0.421 e. The number of alkyl halides is 3. The third-order valence-corrected chi connectivity index (χ3v) is 4.69. The van der Waals surface area contributed by atoms with Gasteiger partial charge in [-0.25, -0.2) is 0 Å². The second-order valence-corrected chi connectivity index (χ2v) is 6.85. The second-order valence-electron chi connectivity index (χ2n) is 6.85. The number of aromatic nitrogens is 2. The Hall–Kier alpha value is -3.42. The van der Waals surface area contributed by atoms with Gasteiger partial charge in [0.25, 0.3) is 5.56 Å². The van der Waals surface area contributed by atoms with Crippen molar-refractivity contribution in [2.75, 3.05) is 0 Å². The van der Waals surface area contributed by atoms with Gasteiger partial charge in [0, 0.05) is 18.9 Å². The Kier molecular flexibility index (Phi) is 6.34. The first-order valence-corrected chi connectivity index (χ1v) is 9.24. The highest BCUT2D eigenvalue weighted by Gasteiger charge is 2.34. The van der Waals surface area contributed by atoms with Crippen molar-refractivity contribution in [3.8, 4) is 0 Å². The normalized spacial score (nSPS) is 11.3. The third kappa shape index (κ3) is 5.14. The molecule has 0 bridgehead atoms. The Morgan fingerprint density at radius 2 is 1.77 bits per heavy atom. The number of aryl methyl sites for hydroxylation is 1. The minimum atomic E-state index is -4.78. The summed E-state index contributed by atoms with van der Waals surface area (Å²) < 4.78 is 39.9. The lowest BCUT2D eigenvalue weighted by Crippen LogP contribution is -2.37. The van der Waals surface area contributed by atoms with Gasteiger partial charge in [-0.1, -0.05) is 30.3 Å². The number of hydrogen-bond acceptors (Lipinski definition) is 3. The van der Waals surface area contributed by atoms with Gasteiger partial charge in [-0.3, -0.25) is 14.6 Å². The number of nitrogens with zero attached hydrogens (tertiary/aromatic N) is 3. The summed E-state index contributed by atoms with van der Waals surface area (Å²) in [6.45, 7) is 1.83. The molecule has 0 N–H and O–H groups in total. The van der Waals surface area contributed by atoms with Gasteiger partial charge in [-0.2, -0.15) is 13.2 Å². The predicted octanol–water partition coefficient (Wildman–Crippen LogP) is 3.80. The van der Waals surface area contributed by atoms with Crippen molar-refractivity contribution in [3.05, 3.63) is 99.7 Å². The third-order valence-electron chi connectivity index (χ3n) is 4.69. The maximum absolute atomic E-state index is 13.0. The average molecular weight is 415 g/mol. The SMILES string of the molecule is Cc1ccccc1CN(Cc1ccccn1)C(=O)Cn1cccc(C(F)(F)F)c1=O. The van der Waals surface area contributed by atoms with Crippen LogP contribution in [0.4, 0.5) is 13.2 Å². The van der Waals surface area contributed by atoms with Crippen molar-refractivity contribution in [1.82, 2.24) is 14.5 Å². The van der Waals surface area contributed by atoms with Gasteiger partial charge < -0.3 is 9.47 Å². The smallest absolute Gasteiger partial charge is 0.331 e. The van der Waals surface area contributed by atoms with Crippen molar-refractivity contribution in [2.45, 2.75) is 32.7 Å². The molecule has 0 radical (unpaired) electrons. The van der Waals surface area contributed by atoms with Crippen molar-refractivity contribution in [3.63, 3.8) is 0 Å². The molecule has 0 unspecified atom stereocenters. The van der Waals surface area contributed by atoms with Gasteiger partial charge in [0.05, 0.1) is 12.2 Å². The van der Waals surface area contributed by atoms with E-state index in [1.807, 2.05) is 31.2 Å². The van der Waals surface area contributed by atoms with E-state index in [1.165, 1.54) is 11.1 Å². The van der Waals surface area contributed by atoms with Gasteiger partial charge in [-0.05, 0) is 42.3 Å². The number of hydrogen-bond donors (Lipinski definition) is 0. The number of amides is 1. The lowest BCUT2D eigenvalue weighted by atomic mass is 10.1. The average Bonchev–Trinajstić information content (AvgIpc) is 2.70. The van der Waals surface area contributed by atoms with Crippen LogP contribution in [0.15, 0.2) is 71.8 Å². The number of benzene rings is 1. The Morgan fingerprint density at radius 3 is 2.43 bits per heavy atom. The van der Waals surface area contributed by atoms with E-state index in [4.69, 9.17) is 0 Å². The Bertz CT molecular complexity index is 1080. The highest BCUT2D eigenvalue weighted by atomic mass is 19.4. The fraction of sp³-hybridized carbons (Fsp3) is 0.227. The molecule has 2 aromatic heterocycles. The highest BCUT2D eigenvalue weighted by molar-refractivity contribution is 5.76. The molecule has 0 saturated heterocycles. The van der Waals surface area contributed by atoms with Crippen LogP contribution >= 0.6 is 0 Å². The number of halogens is 3. The molecule has 8 heteroatoms. The summed E-state index contributed by atoms with van der Waals surface area (Å²) in [7, 11) is 0. The van der Waals surface area contributed by atoms with Crippen molar-refractivity contribution in [2.24, 2.45) is 0 Å². The molecule has 5 nitrogen and oxygen atoms in total.